The van der Waals surface area contributed by atoms with E-state index < -0.39 is 17.5 Å². The Balaban J connectivity index is 1.54. The summed E-state index contributed by atoms with van der Waals surface area (Å²) in [5.74, 6) is 0.296. The van der Waals surface area contributed by atoms with Crippen LogP contribution < -0.4 is 24.4 Å². The lowest BCUT2D eigenvalue weighted by atomic mass is 10.1. The van der Waals surface area contributed by atoms with Gasteiger partial charge in [-0.1, -0.05) is 12.1 Å². The zero-order valence-corrected chi connectivity index (χ0v) is 22.5. The molecular formula is C27H24ClF2N3O5S. The summed E-state index contributed by atoms with van der Waals surface area (Å²) in [7, 11) is 3.11. The minimum Gasteiger partial charge on any atom is -0.497 e. The van der Waals surface area contributed by atoms with Crippen molar-refractivity contribution in [2.45, 2.75) is 24.6 Å². The number of ether oxygens (including phenoxy) is 3. The number of carbonyl (C=O) groups is 2. The van der Waals surface area contributed by atoms with E-state index in [1.807, 2.05) is 12.1 Å². The molecule has 1 N–H and O–H groups in total. The summed E-state index contributed by atoms with van der Waals surface area (Å²) in [6.45, 7) is 0.276. The Bertz CT molecular complexity index is 1340. The minimum atomic E-state index is -3.85. The number of amides is 2. The molecule has 2 amide bonds. The van der Waals surface area contributed by atoms with Gasteiger partial charge in [-0.3, -0.25) is 14.5 Å². The van der Waals surface area contributed by atoms with Crippen LogP contribution in [0.15, 0.2) is 72.8 Å². The van der Waals surface area contributed by atoms with Gasteiger partial charge in [0.15, 0.2) is 5.11 Å². The summed E-state index contributed by atoms with van der Waals surface area (Å²) in [6, 6.07) is 18.5. The summed E-state index contributed by atoms with van der Waals surface area (Å²) in [4.78, 5) is 29.7. The Morgan fingerprint density at radius 2 is 1.49 bits per heavy atom. The summed E-state index contributed by atoms with van der Waals surface area (Å²) in [5, 5.41) is 2.93. The topological polar surface area (TPSA) is 80.3 Å². The summed E-state index contributed by atoms with van der Waals surface area (Å²) in [6.07, 6.45) is -0.209. The van der Waals surface area contributed by atoms with Crippen LogP contribution in [0, 0.1) is 0 Å². The number of methoxy groups -OCH3 is 2. The van der Waals surface area contributed by atoms with Crippen molar-refractivity contribution in [1.82, 2.24) is 4.90 Å². The SMILES string of the molecule is COc1ccc(CN2C(=S)N(c3ccc(OC)cc3)C(=O)[C@H]2CC(=O)Nc2ccc(OC(F)(F)Cl)cc2)cc1. The first-order valence-corrected chi connectivity index (χ1v) is 12.4. The molecule has 12 heteroatoms. The number of thiocarbonyl (C=S) groups is 1. The van der Waals surface area contributed by atoms with Gasteiger partial charge in [-0.2, -0.15) is 0 Å². The predicted octanol–water partition coefficient (Wildman–Crippen LogP) is 5.40. The van der Waals surface area contributed by atoms with E-state index in [0.29, 0.717) is 22.9 Å². The molecule has 1 aliphatic heterocycles. The van der Waals surface area contributed by atoms with Crippen molar-refractivity contribution >= 4 is 52.1 Å². The number of hydrogen-bond donors (Lipinski definition) is 1. The molecule has 0 bridgehead atoms. The van der Waals surface area contributed by atoms with Crippen LogP contribution in [0.25, 0.3) is 0 Å². The highest BCUT2D eigenvalue weighted by molar-refractivity contribution is 7.80. The largest absolute Gasteiger partial charge is 0.497 e. The molecule has 1 aliphatic rings. The van der Waals surface area contributed by atoms with E-state index in [4.69, 9.17) is 33.3 Å². The molecule has 0 unspecified atom stereocenters. The highest BCUT2D eigenvalue weighted by atomic mass is 35.5. The Hall–Kier alpha value is -3.96. The zero-order valence-electron chi connectivity index (χ0n) is 20.9. The van der Waals surface area contributed by atoms with E-state index in [9.17, 15) is 18.4 Å². The maximum atomic E-state index is 13.6. The van der Waals surface area contributed by atoms with Crippen LogP contribution in [-0.2, 0) is 16.1 Å². The molecule has 3 aromatic carbocycles. The lowest BCUT2D eigenvalue weighted by Crippen LogP contribution is -2.37. The molecule has 39 heavy (non-hydrogen) atoms. The maximum absolute atomic E-state index is 13.6. The second-order valence-corrected chi connectivity index (χ2v) is 9.28. The standard InChI is InChI=1S/C27H24ClF2N3O5S/c1-36-20-9-3-17(4-10-20)16-32-23(25(35)33(26(32)39)19-7-13-21(37-2)14-8-19)15-24(34)31-18-5-11-22(12-6-18)38-27(28,29)30/h3-14,23H,15-16H2,1-2H3,(H,31,34)/t23-/m1/s1. The van der Waals surface area contributed by atoms with Crippen LogP contribution in [-0.4, -0.2) is 47.7 Å². The molecule has 1 heterocycles. The molecule has 3 aromatic rings. The maximum Gasteiger partial charge on any atom is 0.487 e. The molecule has 1 saturated heterocycles. The molecule has 0 aromatic heterocycles. The van der Waals surface area contributed by atoms with Crippen molar-refractivity contribution in [2.75, 3.05) is 24.4 Å². The smallest absolute Gasteiger partial charge is 0.487 e. The number of benzene rings is 3. The Morgan fingerprint density at radius 3 is 2.03 bits per heavy atom. The van der Waals surface area contributed by atoms with Gasteiger partial charge >= 0.3 is 5.57 Å². The van der Waals surface area contributed by atoms with Gasteiger partial charge in [0.2, 0.25) is 5.91 Å². The number of rotatable bonds is 10. The Kier molecular flexibility index (Phi) is 8.51. The van der Waals surface area contributed by atoms with Crippen molar-refractivity contribution in [2.24, 2.45) is 0 Å². The monoisotopic (exact) mass is 575 g/mol. The van der Waals surface area contributed by atoms with Crippen molar-refractivity contribution in [3.05, 3.63) is 78.4 Å². The number of halogens is 3. The van der Waals surface area contributed by atoms with E-state index in [1.165, 1.54) is 29.2 Å². The Labute approximate surface area is 234 Å². The summed E-state index contributed by atoms with van der Waals surface area (Å²) >= 11 is 10.5. The number of hydrogen-bond acceptors (Lipinski definition) is 6. The van der Waals surface area contributed by atoms with E-state index in [2.05, 4.69) is 10.1 Å². The average molecular weight is 576 g/mol. The van der Waals surface area contributed by atoms with E-state index >= 15 is 0 Å². The van der Waals surface area contributed by atoms with E-state index in [-0.39, 0.29) is 29.7 Å². The minimum absolute atomic E-state index is 0.176. The Morgan fingerprint density at radius 1 is 0.949 bits per heavy atom. The van der Waals surface area contributed by atoms with Crippen molar-refractivity contribution in [3.8, 4) is 17.2 Å². The van der Waals surface area contributed by atoms with Crippen molar-refractivity contribution < 1.29 is 32.6 Å². The van der Waals surface area contributed by atoms with Gasteiger partial charge in [-0.25, -0.2) is 0 Å². The molecule has 0 saturated carbocycles. The van der Waals surface area contributed by atoms with Crippen LogP contribution in [0.1, 0.15) is 12.0 Å². The zero-order chi connectivity index (χ0) is 28.2. The highest BCUT2D eigenvalue weighted by Crippen LogP contribution is 2.31. The fourth-order valence-corrected chi connectivity index (χ4v) is 4.51. The molecule has 1 atom stereocenters. The number of nitrogens with one attached hydrogen (secondary N) is 1. The van der Waals surface area contributed by atoms with Crippen LogP contribution in [0.5, 0.6) is 17.2 Å². The molecule has 0 spiro atoms. The van der Waals surface area contributed by atoms with Gasteiger partial charge in [0.25, 0.3) is 5.91 Å². The number of carbonyl (C=O) groups excluding carboxylic acids is 2. The quantitative estimate of drug-likeness (QED) is 0.256. The fraction of sp³-hybridized carbons (Fsp3) is 0.222. The second kappa shape index (κ2) is 11.8. The van der Waals surface area contributed by atoms with Gasteiger partial charge in [0.05, 0.1) is 26.3 Å². The van der Waals surface area contributed by atoms with Gasteiger partial charge < -0.3 is 24.4 Å². The number of alkyl halides is 3. The van der Waals surface area contributed by atoms with E-state index in [1.54, 1.807) is 55.5 Å². The first-order valence-electron chi connectivity index (χ1n) is 11.6. The third kappa shape index (κ3) is 6.92. The van der Waals surface area contributed by atoms with Gasteiger partial charge in [0, 0.05) is 23.8 Å². The second-order valence-electron chi connectivity index (χ2n) is 8.47. The average Bonchev–Trinajstić information content (AvgIpc) is 3.13. The number of anilines is 2. The molecule has 8 nitrogen and oxygen atoms in total. The van der Waals surface area contributed by atoms with Gasteiger partial charge in [-0.05, 0) is 78.4 Å². The molecule has 0 radical (unpaired) electrons. The first-order chi connectivity index (χ1) is 18.6. The number of nitrogens with zero attached hydrogens (tertiary/aromatic N) is 2. The normalized spacial score (nSPS) is 15.4. The lowest BCUT2D eigenvalue weighted by Gasteiger charge is -2.24. The van der Waals surface area contributed by atoms with Crippen molar-refractivity contribution in [1.29, 1.82) is 0 Å². The highest BCUT2D eigenvalue weighted by Gasteiger charge is 2.44. The van der Waals surface area contributed by atoms with Crippen LogP contribution >= 0.6 is 23.8 Å². The van der Waals surface area contributed by atoms with Crippen LogP contribution in [0.4, 0.5) is 20.2 Å². The fourth-order valence-electron chi connectivity index (χ4n) is 4.04. The summed E-state index contributed by atoms with van der Waals surface area (Å²) in [5.41, 5.74) is -2.12. The van der Waals surface area contributed by atoms with Gasteiger partial charge in [0.1, 0.15) is 23.3 Å². The molecule has 1 fully saturated rings. The third-order valence-electron chi connectivity index (χ3n) is 5.91. The lowest BCUT2D eigenvalue weighted by molar-refractivity contribution is -0.124. The van der Waals surface area contributed by atoms with Gasteiger partial charge in [-0.15, -0.1) is 8.78 Å². The van der Waals surface area contributed by atoms with E-state index in [0.717, 1.165) is 5.56 Å². The molecule has 0 aliphatic carbocycles. The van der Waals surface area contributed by atoms with Crippen LogP contribution in [0.3, 0.4) is 0 Å². The molecular weight excluding hydrogens is 552 g/mol. The van der Waals surface area contributed by atoms with Crippen LogP contribution in [0.2, 0.25) is 0 Å². The summed E-state index contributed by atoms with van der Waals surface area (Å²) < 4.78 is 40.4. The molecule has 204 valence electrons. The van der Waals surface area contributed by atoms with Crippen molar-refractivity contribution in [3.63, 3.8) is 0 Å². The third-order valence-corrected chi connectivity index (χ3v) is 6.41. The first kappa shape index (κ1) is 28.1. The molecule has 4 rings (SSSR count). The predicted molar refractivity (Wildman–Crippen MR) is 147 cm³/mol.